The van der Waals surface area contributed by atoms with Gasteiger partial charge >= 0.3 is 6.36 Å². The zero-order valence-corrected chi connectivity index (χ0v) is 18.4. The highest BCUT2D eigenvalue weighted by Crippen LogP contribution is 2.25. The highest BCUT2D eigenvalue weighted by atomic mass is 19.4. The van der Waals surface area contributed by atoms with Gasteiger partial charge in [0.05, 0.1) is 0 Å². The number of carbonyl (C=O) groups excluding carboxylic acids is 1. The number of benzene rings is 1. The Morgan fingerprint density at radius 2 is 1.94 bits per heavy atom. The quantitative estimate of drug-likeness (QED) is 0.557. The maximum Gasteiger partial charge on any atom is 0.573 e. The summed E-state index contributed by atoms with van der Waals surface area (Å²) in [5.41, 5.74) is 0.682. The molecule has 3 heterocycles. The lowest BCUT2D eigenvalue weighted by atomic mass is 10.1. The maximum absolute atomic E-state index is 12.7. The molecule has 1 unspecified atom stereocenters. The zero-order valence-electron chi connectivity index (χ0n) is 18.4. The van der Waals surface area contributed by atoms with Crippen LogP contribution in [0.2, 0.25) is 0 Å². The Labute approximate surface area is 194 Å². The number of halogens is 3. The number of rotatable bonds is 7. The van der Waals surface area contributed by atoms with E-state index in [0.717, 1.165) is 38.0 Å². The number of hydrogen-bond acceptors (Lipinski definition) is 6. The first kappa shape index (κ1) is 23.5. The first-order valence-corrected chi connectivity index (χ1v) is 11.1. The van der Waals surface area contributed by atoms with E-state index in [9.17, 15) is 18.0 Å². The second-order valence-corrected chi connectivity index (χ2v) is 8.05. The molecule has 8 nitrogen and oxygen atoms in total. The lowest BCUT2D eigenvalue weighted by Crippen LogP contribution is -2.39. The zero-order chi connectivity index (χ0) is 24.0. The number of alkyl halides is 3. The predicted octanol–water partition coefficient (Wildman–Crippen LogP) is 4.02. The van der Waals surface area contributed by atoms with Gasteiger partial charge in [0.15, 0.2) is 0 Å². The van der Waals surface area contributed by atoms with Gasteiger partial charge in [-0.2, -0.15) is 4.98 Å². The summed E-state index contributed by atoms with van der Waals surface area (Å²) in [4.78, 5) is 27.9. The van der Waals surface area contributed by atoms with Crippen molar-refractivity contribution in [3.8, 4) is 11.7 Å². The van der Waals surface area contributed by atoms with Crippen LogP contribution in [0.4, 0.5) is 19.0 Å². The molecule has 1 aromatic carbocycles. The van der Waals surface area contributed by atoms with Crippen molar-refractivity contribution in [1.29, 1.82) is 0 Å². The molecule has 1 amide bonds. The third-order valence-corrected chi connectivity index (χ3v) is 5.60. The molecule has 2 aromatic heterocycles. The highest BCUT2D eigenvalue weighted by Gasteiger charge is 2.31. The fraction of sp³-hybridized carbons (Fsp3) is 0.391. The van der Waals surface area contributed by atoms with Gasteiger partial charge in [0, 0.05) is 44.1 Å². The van der Waals surface area contributed by atoms with E-state index in [1.54, 1.807) is 29.5 Å². The fourth-order valence-corrected chi connectivity index (χ4v) is 3.99. The highest BCUT2D eigenvalue weighted by molar-refractivity contribution is 5.77. The maximum atomic E-state index is 12.7. The van der Waals surface area contributed by atoms with Crippen LogP contribution in [0.5, 0.6) is 5.75 Å². The molecule has 1 saturated heterocycles. The summed E-state index contributed by atoms with van der Waals surface area (Å²) >= 11 is 0. The summed E-state index contributed by atoms with van der Waals surface area (Å²) in [6.45, 7) is 1.01. The van der Waals surface area contributed by atoms with Gasteiger partial charge in [-0.15, -0.1) is 13.2 Å². The van der Waals surface area contributed by atoms with Gasteiger partial charge in [0.25, 0.3) is 0 Å². The van der Waals surface area contributed by atoms with E-state index in [1.165, 1.54) is 24.3 Å². The number of imidazole rings is 1. The van der Waals surface area contributed by atoms with Crippen LogP contribution in [-0.2, 0) is 11.3 Å². The van der Waals surface area contributed by atoms with E-state index in [1.807, 2.05) is 6.07 Å². The van der Waals surface area contributed by atoms with E-state index in [-0.39, 0.29) is 24.2 Å². The summed E-state index contributed by atoms with van der Waals surface area (Å²) in [5.74, 6) is 0.854. The van der Waals surface area contributed by atoms with Crippen molar-refractivity contribution in [2.75, 3.05) is 11.4 Å². The van der Waals surface area contributed by atoms with E-state index in [0.29, 0.717) is 17.9 Å². The molecule has 0 saturated carbocycles. The Bertz CT molecular complexity index is 1070. The van der Waals surface area contributed by atoms with Crippen LogP contribution >= 0.6 is 0 Å². The molecule has 0 radical (unpaired) electrons. The van der Waals surface area contributed by atoms with Crippen LogP contribution in [0.1, 0.15) is 37.7 Å². The molecule has 0 bridgehead atoms. The minimum Gasteiger partial charge on any atom is -0.406 e. The lowest BCUT2D eigenvalue weighted by molar-refractivity contribution is -0.274. The number of carbonyl (C=O) groups is 1. The van der Waals surface area contributed by atoms with Crippen molar-refractivity contribution in [3.63, 3.8) is 0 Å². The fourth-order valence-electron chi connectivity index (χ4n) is 3.99. The standard InChI is InChI=1S/C23H25F3N6O2/c24-23(25,26)34-19-7-5-17(6-8-19)15-29-21(33)14-18-4-2-1-3-12-32(18)20-9-10-28-22(30-20)31-13-11-27-16-31/h5-11,13,16,18H,1-4,12,14-15H2,(H,29,33). The van der Waals surface area contributed by atoms with Gasteiger partial charge in [0.1, 0.15) is 17.9 Å². The minimum absolute atomic E-state index is 0.0180. The average Bonchev–Trinajstić information content (AvgIpc) is 3.25. The number of nitrogens with zero attached hydrogens (tertiary/aromatic N) is 5. The number of amides is 1. The lowest BCUT2D eigenvalue weighted by Gasteiger charge is -2.31. The molecule has 1 fully saturated rings. The van der Waals surface area contributed by atoms with Crippen molar-refractivity contribution < 1.29 is 22.7 Å². The molecule has 1 N–H and O–H groups in total. The summed E-state index contributed by atoms with van der Waals surface area (Å²) in [6, 6.07) is 7.29. The minimum atomic E-state index is -4.73. The topological polar surface area (TPSA) is 85.2 Å². The van der Waals surface area contributed by atoms with Crippen LogP contribution in [-0.4, -0.2) is 44.4 Å². The molecule has 0 aliphatic carbocycles. The van der Waals surface area contributed by atoms with Crippen molar-refractivity contribution in [3.05, 3.63) is 60.8 Å². The second kappa shape index (κ2) is 10.5. The van der Waals surface area contributed by atoms with Crippen LogP contribution in [0, 0.1) is 0 Å². The second-order valence-electron chi connectivity index (χ2n) is 8.05. The third kappa shape index (κ3) is 6.46. The molecule has 4 rings (SSSR count). The molecule has 3 aromatic rings. The first-order valence-electron chi connectivity index (χ1n) is 11.1. The molecular formula is C23H25F3N6O2. The van der Waals surface area contributed by atoms with Crippen LogP contribution in [0.15, 0.2) is 55.2 Å². The van der Waals surface area contributed by atoms with Gasteiger partial charge in [-0.1, -0.05) is 25.0 Å². The summed E-state index contributed by atoms with van der Waals surface area (Å²) in [6.07, 6.45) is 6.30. The van der Waals surface area contributed by atoms with Crippen LogP contribution in [0.3, 0.4) is 0 Å². The van der Waals surface area contributed by atoms with Gasteiger partial charge in [-0.05, 0) is 36.6 Å². The van der Waals surface area contributed by atoms with Crippen molar-refractivity contribution in [1.82, 2.24) is 24.8 Å². The summed E-state index contributed by atoms with van der Waals surface area (Å²) in [7, 11) is 0. The van der Waals surface area contributed by atoms with Gasteiger partial charge < -0.3 is 15.0 Å². The Morgan fingerprint density at radius 1 is 1.12 bits per heavy atom. The third-order valence-electron chi connectivity index (χ3n) is 5.60. The van der Waals surface area contributed by atoms with Crippen molar-refractivity contribution in [2.24, 2.45) is 0 Å². The summed E-state index contributed by atoms with van der Waals surface area (Å²) in [5, 5.41) is 2.87. The Morgan fingerprint density at radius 3 is 2.68 bits per heavy atom. The van der Waals surface area contributed by atoms with E-state index in [2.05, 4.69) is 29.9 Å². The molecular weight excluding hydrogens is 449 g/mol. The Hall–Kier alpha value is -3.63. The molecule has 180 valence electrons. The van der Waals surface area contributed by atoms with E-state index >= 15 is 0 Å². The van der Waals surface area contributed by atoms with Gasteiger partial charge in [-0.3, -0.25) is 9.36 Å². The summed E-state index contributed by atoms with van der Waals surface area (Å²) < 4.78 is 42.5. The predicted molar refractivity (Wildman–Crippen MR) is 118 cm³/mol. The van der Waals surface area contributed by atoms with Crippen LogP contribution in [0.25, 0.3) is 5.95 Å². The molecule has 1 atom stereocenters. The first-order chi connectivity index (χ1) is 16.4. The smallest absolute Gasteiger partial charge is 0.406 e. The van der Waals surface area contributed by atoms with Gasteiger partial charge in [-0.25, -0.2) is 9.97 Å². The molecule has 11 heteroatoms. The van der Waals surface area contributed by atoms with Gasteiger partial charge in [0.2, 0.25) is 11.9 Å². The number of aromatic nitrogens is 4. The van der Waals surface area contributed by atoms with Crippen LogP contribution < -0.4 is 15.0 Å². The number of anilines is 1. The van der Waals surface area contributed by atoms with E-state index in [4.69, 9.17) is 0 Å². The normalized spacial score (nSPS) is 16.7. The molecule has 1 aliphatic rings. The number of nitrogens with one attached hydrogen (secondary N) is 1. The number of hydrogen-bond donors (Lipinski definition) is 1. The largest absolute Gasteiger partial charge is 0.573 e. The number of ether oxygens (including phenoxy) is 1. The monoisotopic (exact) mass is 474 g/mol. The van der Waals surface area contributed by atoms with Crippen molar-refractivity contribution in [2.45, 2.75) is 51.1 Å². The molecule has 34 heavy (non-hydrogen) atoms. The van der Waals surface area contributed by atoms with Crippen molar-refractivity contribution >= 4 is 11.7 Å². The van der Waals surface area contributed by atoms with E-state index < -0.39 is 6.36 Å². The molecule has 1 aliphatic heterocycles. The molecule has 0 spiro atoms. The SMILES string of the molecule is O=C(CC1CCCCCN1c1ccnc(-n2ccnc2)n1)NCc1ccc(OC(F)(F)F)cc1. The average molecular weight is 474 g/mol. The Balaban J connectivity index is 1.38. The Kier molecular flexibility index (Phi) is 7.29.